The van der Waals surface area contributed by atoms with E-state index in [1.807, 2.05) is 42.5 Å². The first kappa shape index (κ1) is 27.2. The van der Waals surface area contributed by atoms with Gasteiger partial charge in [0, 0.05) is 19.6 Å². The maximum absolute atomic E-state index is 13.3. The molecule has 0 aliphatic carbocycles. The highest BCUT2D eigenvalue weighted by molar-refractivity contribution is 5.81. The summed E-state index contributed by atoms with van der Waals surface area (Å²) in [5, 5.41) is 5.75. The Morgan fingerprint density at radius 1 is 0.842 bits per heavy atom. The lowest BCUT2D eigenvalue weighted by Gasteiger charge is -2.39. The van der Waals surface area contributed by atoms with E-state index in [1.54, 1.807) is 11.0 Å². The fourth-order valence-electron chi connectivity index (χ4n) is 4.80. The van der Waals surface area contributed by atoms with E-state index in [2.05, 4.69) is 29.7 Å². The Bertz CT molecular complexity index is 1230. The Balaban J connectivity index is 1.45. The number of benzene rings is 3. The van der Waals surface area contributed by atoms with Gasteiger partial charge in [-0.2, -0.15) is 13.2 Å². The number of rotatable bonds is 7. The molecule has 200 valence electrons. The minimum Gasteiger partial charge on any atom is -0.352 e. The van der Waals surface area contributed by atoms with Gasteiger partial charge in [0.2, 0.25) is 5.91 Å². The predicted octanol–water partition coefficient (Wildman–Crippen LogP) is 6.25. The second kappa shape index (κ2) is 12.2. The molecule has 1 heterocycles. The van der Waals surface area contributed by atoms with Crippen LogP contribution in [0.25, 0.3) is 0 Å². The van der Waals surface area contributed by atoms with Gasteiger partial charge in [-0.1, -0.05) is 73.7 Å². The standard InChI is InChI=1S/C30H32F3N3O2/c1-2-21-11-13-24(14-12-21)27-16-15-25(20-36(27)29(38)35-18-22-7-4-3-5-8-22)28(37)34-19-23-9-6-10-26(17-23)30(31,32)33/h3-14,17,25,27H,2,15-16,18-20H2,1H3,(H,34,37)(H,35,38). The van der Waals surface area contributed by atoms with Crippen LogP contribution >= 0.6 is 0 Å². The monoisotopic (exact) mass is 523 g/mol. The number of carbonyl (C=O) groups excluding carboxylic acids is 2. The maximum Gasteiger partial charge on any atom is 0.416 e. The third-order valence-electron chi connectivity index (χ3n) is 6.99. The Labute approximate surface area is 221 Å². The van der Waals surface area contributed by atoms with E-state index in [1.165, 1.54) is 11.6 Å². The van der Waals surface area contributed by atoms with Crippen LogP contribution in [-0.2, 0) is 30.5 Å². The molecule has 0 aromatic heterocycles. The van der Waals surface area contributed by atoms with E-state index < -0.39 is 17.7 Å². The molecule has 0 saturated carbocycles. The van der Waals surface area contributed by atoms with Crippen molar-refractivity contribution in [1.82, 2.24) is 15.5 Å². The lowest BCUT2D eigenvalue weighted by molar-refractivity contribution is -0.137. The van der Waals surface area contributed by atoms with Crippen LogP contribution < -0.4 is 10.6 Å². The molecule has 3 amide bonds. The Kier molecular flexibility index (Phi) is 8.71. The van der Waals surface area contributed by atoms with Gasteiger partial charge in [-0.3, -0.25) is 4.79 Å². The summed E-state index contributed by atoms with van der Waals surface area (Å²) in [7, 11) is 0. The summed E-state index contributed by atoms with van der Waals surface area (Å²) in [5.41, 5.74) is 2.81. The lowest BCUT2D eigenvalue weighted by atomic mass is 9.88. The number of hydrogen-bond acceptors (Lipinski definition) is 2. The van der Waals surface area contributed by atoms with E-state index in [4.69, 9.17) is 0 Å². The number of alkyl halides is 3. The van der Waals surface area contributed by atoms with Crippen molar-refractivity contribution in [2.24, 2.45) is 5.92 Å². The van der Waals surface area contributed by atoms with E-state index >= 15 is 0 Å². The van der Waals surface area contributed by atoms with Gasteiger partial charge in [0.05, 0.1) is 17.5 Å². The number of nitrogens with zero attached hydrogens (tertiary/aromatic N) is 1. The van der Waals surface area contributed by atoms with Gasteiger partial charge < -0.3 is 15.5 Å². The third-order valence-corrected chi connectivity index (χ3v) is 6.99. The Hall–Kier alpha value is -3.81. The van der Waals surface area contributed by atoms with E-state index in [9.17, 15) is 22.8 Å². The summed E-state index contributed by atoms with van der Waals surface area (Å²) in [5.74, 6) is -0.738. The number of piperidine rings is 1. The molecular formula is C30H32F3N3O2. The maximum atomic E-state index is 13.3. The number of halogens is 3. The van der Waals surface area contributed by atoms with Crippen LogP contribution in [0.5, 0.6) is 0 Å². The number of likely N-dealkylation sites (tertiary alicyclic amines) is 1. The van der Waals surface area contributed by atoms with Crippen molar-refractivity contribution < 1.29 is 22.8 Å². The molecule has 2 atom stereocenters. The molecule has 1 saturated heterocycles. The fourth-order valence-corrected chi connectivity index (χ4v) is 4.80. The summed E-state index contributed by atoms with van der Waals surface area (Å²) in [6.45, 7) is 2.65. The normalized spacial score (nSPS) is 17.6. The van der Waals surface area contributed by atoms with Crippen molar-refractivity contribution in [3.63, 3.8) is 0 Å². The molecule has 3 aromatic rings. The minimum atomic E-state index is -4.44. The summed E-state index contributed by atoms with van der Waals surface area (Å²) < 4.78 is 39.1. The van der Waals surface area contributed by atoms with Crippen molar-refractivity contribution in [3.8, 4) is 0 Å². The van der Waals surface area contributed by atoms with Crippen molar-refractivity contribution in [2.75, 3.05) is 6.54 Å². The number of nitrogens with one attached hydrogen (secondary N) is 2. The molecule has 2 unspecified atom stereocenters. The molecule has 3 aromatic carbocycles. The zero-order valence-corrected chi connectivity index (χ0v) is 21.3. The highest BCUT2D eigenvalue weighted by Gasteiger charge is 2.36. The summed E-state index contributed by atoms with van der Waals surface area (Å²) in [6, 6.07) is 22.3. The van der Waals surface area contributed by atoms with Gasteiger partial charge in [-0.05, 0) is 53.6 Å². The highest BCUT2D eigenvalue weighted by atomic mass is 19.4. The molecule has 1 fully saturated rings. The molecule has 2 N–H and O–H groups in total. The van der Waals surface area contributed by atoms with Crippen LogP contribution in [0.3, 0.4) is 0 Å². The fraction of sp³-hybridized carbons (Fsp3) is 0.333. The van der Waals surface area contributed by atoms with Crippen LogP contribution in [0.15, 0.2) is 78.9 Å². The SMILES string of the molecule is CCc1ccc(C2CCC(C(=O)NCc3cccc(C(F)(F)F)c3)CN2C(=O)NCc2ccccc2)cc1. The van der Waals surface area contributed by atoms with Crippen LogP contribution in [0.4, 0.5) is 18.0 Å². The first-order valence-electron chi connectivity index (χ1n) is 12.9. The van der Waals surface area contributed by atoms with Crippen LogP contribution in [0.2, 0.25) is 0 Å². The predicted molar refractivity (Wildman–Crippen MR) is 140 cm³/mol. The second-order valence-electron chi connectivity index (χ2n) is 9.60. The van der Waals surface area contributed by atoms with E-state index in [-0.39, 0.29) is 31.1 Å². The highest BCUT2D eigenvalue weighted by Crippen LogP contribution is 2.34. The molecule has 0 bridgehead atoms. The molecule has 0 spiro atoms. The quantitative estimate of drug-likeness (QED) is 0.385. The number of carbonyl (C=O) groups is 2. The van der Waals surface area contributed by atoms with Gasteiger partial charge in [-0.25, -0.2) is 4.79 Å². The molecule has 8 heteroatoms. The molecule has 0 radical (unpaired) electrons. The van der Waals surface area contributed by atoms with E-state index in [0.717, 1.165) is 29.7 Å². The summed E-state index contributed by atoms with van der Waals surface area (Å²) in [6.07, 6.45) is -2.36. The smallest absolute Gasteiger partial charge is 0.352 e. The van der Waals surface area contributed by atoms with E-state index in [0.29, 0.717) is 24.9 Å². The number of urea groups is 1. The van der Waals surface area contributed by atoms with Crippen LogP contribution in [0.1, 0.15) is 53.6 Å². The van der Waals surface area contributed by atoms with Crippen molar-refractivity contribution in [3.05, 3.63) is 107 Å². The lowest BCUT2D eigenvalue weighted by Crippen LogP contribution is -2.50. The van der Waals surface area contributed by atoms with Crippen molar-refractivity contribution in [1.29, 1.82) is 0 Å². The number of amides is 3. The minimum absolute atomic E-state index is 0.0125. The molecule has 1 aliphatic rings. The summed E-state index contributed by atoms with van der Waals surface area (Å²) in [4.78, 5) is 28.1. The zero-order valence-electron chi connectivity index (χ0n) is 21.3. The summed E-state index contributed by atoms with van der Waals surface area (Å²) >= 11 is 0. The molecule has 1 aliphatic heterocycles. The Morgan fingerprint density at radius 3 is 2.21 bits per heavy atom. The van der Waals surface area contributed by atoms with Gasteiger partial charge in [0.15, 0.2) is 0 Å². The van der Waals surface area contributed by atoms with Gasteiger partial charge in [0.1, 0.15) is 0 Å². The van der Waals surface area contributed by atoms with Crippen LogP contribution in [0, 0.1) is 5.92 Å². The average molecular weight is 524 g/mol. The number of hydrogen-bond donors (Lipinski definition) is 2. The second-order valence-corrected chi connectivity index (χ2v) is 9.60. The topological polar surface area (TPSA) is 61.4 Å². The van der Waals surface area contributed by atoms with Gasteiger partial charge in [-0.15, -0.1) is 0 Å². The third kappa shape index (κ3) is 6.94. The van der Waals surface area contributed by atoms with Crippen molar-refractivity contribution >= 4 is 11.9 Å². The largest absolute Gasteiger partial charge is 0.416 e. The van der Waals surface area contributed by atoms with Gasteiger partial charge >= 0.3 is 12.2 Å². The van der Waals surface area contributed by atoms with Crippen LogP contribution in [-0.4, -0.2) is 23.4 Å². The van der Waals surface area contributed by atoms with Crippen molar-refractivity contribution in [2.45, 2.75) is 51.5 Å². The van der Waals surface area contributed by atoms with Gasteiger partial charge in [0.25, 0.3) is 0 Å². The molecule has 38 heavy (non-hydrogen) atoms. The average Bonchev–Trinajstić information content (AvgIpc) is 2.94. The Morgan fingerprint density at radius 2 is 1.53 bits per heavy atom. The zero-order chi connectivity index (χ0) is 27.1. The first-order chi connectivity index (χ1) is 18.2. The molecule has 5 nitrogen and oxygen atoms in total. The molecule has 4 rings (SSSR count). The number of aryl methyl sites for hydroxylation is 1. The first-order valence-corrected chi connectivity index (χ1v) is 12.9. The molecular weight excluding hydrogens is 491 g/mol.